The number of hydrogen-bond donors (Lipinski definition) is 1. The van der Waals surface area contributed by atoms with Gasteiger partial charge in [0.15, 0.2) is 0 Å². The lowest BCUT2D eigenvalue weighted by molar-refractivity contribution is -0.140. The van der Waals surface area contributed by atoms with Crippen LogP contribution in [0, 0.1) is 17.1 Å². The van der Waals surface area contributed by atoms with Crippen molar-refractivity contribution in [3.63, 3.8) is 0 Å². The molecule has 7 heteroatoms. The van der Waals surface area contributed by atoms with Crippen LogP contribution in [0.1, 0.15) is 21.5 Å². The highest BCUT2D eigenvalue weighted by molar-refractivity contribution is 5.98. The van der Waals surface area contributed by atoms with Crippen LogP contribution in [0.3, 0.4) is 0 Å². The van der Waals surface area contributed by atoms with Crippen LogP contribution in [0.5, 0.6) is 0 Å². The van der Waals surface area contributed by atoms with E-state index in [1.165, 1.54) is 24.3 Å². The molecule has 0 atom stereocenters. The van der Waals surface area contributed by atoms with Gasteiger partial charge in [-0.2, -0.15) is 18.4 Å². The summed E-state index contributed by atoms with van der Waals surface area (Å²) in [6.45, 7) is 0. The van der Waals surface area contributed by atoms with E-state index in [4.69, 9.17) is 10.4 Å². The van der Waals surface area contributed by atoms with Gasteiger partial charge < -0.3 is 5.11 Å². The summed E-state index contributed by atoms with van der Waals surface area (Å²) in [5, 5.41) is 17.8. The number of carboxylic acids is 1. The summed E-state index contributed by atoms with van der Waals surface area (Å²) in [7, 11) is 0. The lowest BCUT2D eigenvalue weighted by atomic mass is 9.94. The third kappa shape index (κ3) is 2.76. The van der Waals surface area contributed by atoms with Gasteiger partial charge in [0, 0.05) is 0 Å². The number of aromatic carboxylic acids is 1. The molecule has 0 aliphatic carbocycles. The first-order valence-electron chi connectivity index (χ1n) is 5.89. The Balaban J connectivity index is 2.76. The average Bonchev–Trinajstić information content (AvgIpc) is 2.45. The molecule has 0 unspecified atom stereocenters. The van der Waals surface area contributed by atoms with Crippen LogP contribution >= 0.6 is 0 Å². The molecule has 0 fully saturated rings. The fourth-order valence-electron chi connectivity index (χ4n) is 2.04. The van der Waals surface area contributed by atoms with Crippen LogP contribution in [0.4, 0.5) is 17.6 Å². The van der Waals surface area contributed by atoms with Gasteiger partial charge >= 0.3 is 12.1 Å². The highest BCUT2D eigenvalue weighted by Gasteiger charge is 2.40. The van der Waals surface area contributed by atoms with Gasteiger partial charge in [-0.1, -0.05) is 18.2 Å². The van der Waals surface area contributed by atoms with Crippen LogP contribution in [-0.4, -0.2) is 11.1 Å². The molecular formula is C15H7F4NO2. The number of carboxylic acid groups (broad SMARTS) is 1. The molecule has 22 heavy (non-hydrogen) atoms. The second-order valence-electron chi connectivity index (χ2n) is 4.34. The first-order valence-corrected chi connectivity index (χ1v) is 5.89. The van der Waals surface area contributed by atoms with Gasteiger partial charge in [0.05, 0.1) is 17.2 Å². The predicted octanol–water partition coefficient (Wildman–Crippen LogP) is 4.08. The molecule has 112 valence electrons. The average molecular weight is 309 g/mol. The lowest BCUT2D eigenvalue weighted by Gasteiger charge is -2.15. The van der Waals surface area contributed by atoms with Gasteiger partial charge in [0.1, 0.15) is 11.4 Å². The molecule has 0 aliphatic heterocycles. The van der Waals surface area contributed by atoms with Crippen molar-refractivity contribution in [2.75, 3.05) is 0 Å². The smallest absolute Gasteiger partial charge is 0.420 e. The van der Waals surface area contributed by atoms with Crippen LogP contribution in [0.25, 0.3) is 11.1 Å². The molecular weight excluding hydrogens is 302 g/mol. The summed E-state index contributed by atoms with van der Waals surface area (Å²) in [5.41, 5.74) is -2.84. The quantitative estimate of drug-likeness (QED) is 0.850. The Hall–Kier alpha value is -2.88. The Morgan fingerprint density at radius 2 is 1.68 bits per heavy atom. The molecule has 2 aromatic carbocycles. The van der Waals surface area contributed by atoms with Crippen molar-refractivity contribution in [3.05, 3.63) is 58.9 Å². The van der Waals surface area contributed by atoms with Crippen LogP contribution in [-0.2, 0) is 6.18 Å². The van der Waals surface area contributed by atoms with E-state index >= 15 is 0 Å². The number of halogens is 4. The van der Waals surface area contributed by atoms with E-state index in [1.807, 2.05) is 6.07 Å². The maximum absolute atomic E-state index is 13.5. The summed E-state index contributed by atoms with van der Waals surface area (Å²) in [4.78, 5) is 11.2. The molecule has 2 aromatic rings. The lowest BCUT2D eigenvalue weighted by Crippen LogP contribution is -2.16. The van der Waals surface area contributed by atoms with Crippen molar-refractivity contribution in [1.82, 2.24) is 0 Å². The summed E-state index contributed by atoms with van der Waals surface area (Å²) in [6, 6.07) is 8.64. The van der Waals surface area contributed by atoms with Crippen molar-refractivity contribution in [1.29, 1.82) is 5.26 Å². The molecule has 0 heterocycles. The van der Waals surface area contributed by atoms with Gasteiger partial charge in [0.2, 0.25) is 0 Å². The largest absolute Gasteiger partial charge is 0.478 e. The number of rotatable bonds is 2. The zero-order valence-corrected chi connectivity index (χ0v) is 10.8. The molecule has 0 aromatic heterocycles. The van der Waals surface area contributed by atoms with Gasteiger partial charge in [-0.3, -0.25) is 0 Å². The molecule has 3 nitrogen and oxygen atoms in total. The second kappa shape index (κ2) is 5.48. The second-order valence-corrected chi connectivity index (χ2v) is 4.34. The SMILES string of the molecule is N#Cc1ccc(-c2ccc(F)c(C(F)(F)F)c2C(=O)O)cc1. The number of carbonyl (C=O) groups is 1. The molecule has 0 amide bonds. The highest BCUT2D eigenvalue weighted by Crippen LogP contribution is 2.38. The van der Waals surface area contributed by atoms with Gasteiger partial charge in [-0.05, 0) is 29.3 Å². The molecule has 0 bridgehead atoms. The molecule has 1 N–H and O–H groups in total. The van der Waals surface area contributed by atoms with Crippen molar-refractivity contribution < 1.29 is 27.5 Å². The molecule has 0 saturated heterocycles. The number of alkyl halides is 3. The zero-order valence-electron chi connectivity index (χ0n) is 10.8. The maximum atomic E-state index is 13.5. The van der Waals surface area contributed by atoms with Gasteiger partial charge in [-0.25, -0.2) is 9.18 Å². The van der Waals surface area contributed by atoms with Crippen LogP contribution < -0.4 is 0 Å². The van der Waals surface area contributed by atoms with Crippen molar-refractivity contribution in [3.8, 4) is 17.2 Å². The monoisotopic (exact) mass is 309 g/mol. The van der Waals surface area contributed by atoms with E-state index in [-0.39, 0.29) is 16.7 Å². The zero-order chi connectivity index (χ0) is 16.5. The summed E-state index contributed by atoms with van der Waals surface area (Å²) in [6.07, 6.45) is -5.14. The highest BCUT2D eigenvalue weighted by atomic mass is 19.4. The molecule has 0 aliphatic rings. The Morgan fingerprint density at radius 3 is 2.14 bits per heavy atom. The molecule has 0 saturated carbocycles. The maximum Gasteiger partial charge on any atom is 0.420 e. The van der Waals surface area contributed by atoms with Crippen LogP contribution in [0.15, 0.2) is 36.4 Å². The Kier molecular flexibility index (Phi) is 3.87. The van der Waals surface area contributed by atoms with Crippen molar-refractivity contribution in [2.45, 2.75) is 6.18 Å². The fourth-order valence-corrected chi connectivity index (χ4v) is 2.04. The van der Waals surface area contributed by atoms with E-state index in [0.29, 0.717) is 6.07 Å². The van der Waals surface area contributed by atoms with Gasteiger partial charge in [-0.15, -0.1) is 0 Å². The number of nitrogens with zero attached hydrogens (tertiary/aromatic N) is 1. The first kappa shape index (κ1) is 15.5. The predicted molar refractivity (Wildman–Crippen MR) is 68.5 cm³/mol. The van der Waals surface area contributed by atoms with E-state index in [2.05, 4.69) is 0 Å². The minimum absolute atomic E-state index is 0.141. The third-order valence-electron chi connectivity index (χ3n) is 2.98. The minimum atomic E-state index is -5.14. The number of benzene rings is 2. The Bertz CT molecular complexity index is 774. The standard InChI is InChI=1S/C15H7F4NO2/c16-11-6-5-10(9-3-1-8(7-20)2-4-9)12(14(21)22)13(11)15(17,18)19/h1-6H,(H,21,22). The summed E-state index contributed by atoms with van der Waals surface area (Å²) in [5.74, 6) is -3.53. The summed E-state index contributed by atoms with van der Waals surface area (Å²) < 4.78 is 52.3. The number of hydrogen-bond acceptors (Lipinski definition) is 2. The van der Waals surface area contributed by atoms with E-state index in [9.17, 15) is 22.4 Å². The molecule has 0 spiro atoms. The minimum Gasteiger partial charge on any atom is -0.478 e. The summed E-state index contributed by atoms with van der Waals surface area (Å²) >= 11 is 0. The van der Waals surface area contributed by atoms with E-state index in [1.54, 1.807) is 0 Å². The van der Waals surface area contributed by atoms with E-state index < -0.39 is 29.1 Å². The number of nitriles is 1. The Morgan fingerprint density at radius 1 is 1.09 bits per heavy atom. The van der Waals surface area contributed by atoms with Gasteiger partial charge in [0.25, 0.3) is 0 Å². The van der Waals surface area contributed by atoms with Crippen LogP contribution in [0.2, 0.25) is 0 Å². The molecule has 2 rings (SSSR count). The third-order valence-corrected chi connectivity index (χ3v) is 2.98. The van der Waals surface area contributed by atoms with Crippen molar-refractivity contribution >= 4 is 5.97 Å². The van der Waals surface area contributed by atoms with E-state index in [0.717, 1.165) is 6.07 Å². The fraction of sp³-hybridized carbons (Fsp3) is 0.0667. The Labute approximate surface area is 122 Å². The molecule has 0 radical (unpaired) electrons. The normalized spacial score (nSPS) is 11.0. The van der Waals surface area contributed by atoms with Crippen molar-refractivity contribution in [2.24, 2.45) is 0 Å². The topological polar surface area (TPSA) is 61.1 Å². The first-order chi connectivity index (χ1) is 10.3.